The summed E-state index contributed by atoms with van der Waals surface area (Å²) < 4.78 is 13.1. The minimum Gasteiger partial charge on any atom is -0.336 e. The smallest absolute Gasteiger partial charge is 0.318 e. The summed E-state index contributed by atoms with van der Waals surface area (Å²) in [5.74, 6) is -0.254. The van der Waals surface area contributed by atoms with Crippen molar-refractivity contribution in [3.05, 3.63) is 58.0 Å². The highest BCUT2D eigenvalue weighted by atomic mass is 32.1. The van der Waals surface area contributed by atoms with Crippen LogP contribution in [0.2, 0.25) is 0 Å². The van der Waals surface area contributed by atoms with Gasteiger partial charge >= 0.3 is 6.03 Å². The Labute approximate surface area is 152 Å². The van der Waals surface area contributed by atoms with E-state index in [4.69, 9.17) is 0 Å². The van der Waals surface area contributed by atoms with E-state index in [1.807, 2.05) is 25.1 Å². The predicted molar refractivity (Wildman–Crippen MR) is 99.1 cm³/mol. The summed E-state index contributed by atoms with van der Waals surface area (Å²) >= 11 is 1.70. The summed E-state index contributed by atoms with van der Waals surface area (Å²) in [4.78, 5) is 17.9. The van der Waals surface area contributed by atoms with Gasteiger partial charge in [0.05, 0.1) is 6.04 Å². The Morgan fingerprint density at radius 2 is 2.00 bits per heavy atom. The second-order valence-electron chi connectivity index (χ2n) is 6.67. The molecule has 0 bridgehead atoms. The van der Waals surface area contributed by atoms with Crippen molar-refractivity contribution < 1.29 is 9.18 Å². The van der Waals surface area contributed by atoms with Gasteiger partial charge in [-0.2, -0.15) is 0 Å². The molecule has 0 radical (unpaired) electrons. The van der Waals surface area contributed by atoms with E-state index in [1.54, 1.807) is 23.5 Å². The minimum atomic E-state index is -0.254. The van der Waals surface area contributed by atoms with Crippen LogP contribution < -0.4 is 5.32 Å². The Balaban J connectivity index is 1.62. The third-order valence-electron chi connectivity index (χ3n) is 4.46. The normalized spacial score (nSPS) is 15.2. The molecule has 1 heterocycles. The van der Waals surface area contributed by atoms with Crippen molar-refractivity contribution in [2.24, 2.45) is 0 Å². The number of thiophene rings is 1. The molecular formula is C19H24FN3OS. The van der Waals surface area contributed by atoms with Crippen molar-refractivity contribution in [3.8, 4) is 0 Å². The van der Waals surface area contributed by atoms with Crippen LogP contribution in [0.15, 0.2) is 41.8 Å². The average Bonchev–Trinajstić information content (AvgIpc) is 3.29. The minimum absolute atomic E-state index is 0.0461. The summed E-state index contributed by atoms with van der Waals surface area (Å²) in [5.41, 5.74) is 0.950. The topological polar surface area (TPSA) is 35.6 Å². The number of benzene rings is 1. The monoisotopic (exact) mass is 361 g/mol. The van der Waals surface area contributed by atoms with Gasteiger partial charge in [-0.25, -0.2) is 9.18 Å². The first-order valence-electron chi connectivity index (χ1n) is 8.53. The van der Waals surface area contributed by atoms with Gasteiger partial charge in [-0.3, -0.25) is 0 Å². The lowest BCUT2D eigenvalue weighted by molar-refractivity contribution is 0.187. The van der Waals surface area contributed by atoms with Crippen molar-refractivity contribution in [1.29, 1.82) is 0 Å². The van der Waals surface area contributed by atoms with Gasteiger partial charge in [0, 0.05) is 24.0 Å². The standard InChI is InChI=1S/C19H24FN3OS/c1-22(2)17(18-4-3-11-25-18)12-21-19(24)23(16-9-10-16)13-14-5-7-15(20)8-6-14/h3-8,11,16-17H,9-10,12-13H2,1-2H3,(H,21,24). The summed E-state index contributed by atoms with van der Waals surface area (Å²) in [6, 6.07) is 10.9. The number of nitrogens with one attached hydrogen (secondary N) is 1. The molecule has 3 rings (SSSR count). The fourth-order valence-corrected chi connectivity index (χ4v) is 3.77. The molecule has 2 aromatic rings. The number of hydrogen-bond donors (Lipinski definition) is 1. The fraction of sp³-hybridized carbons (Fsp3) is 0.421. The first-order chi connectivity index (χ1) is 12.0. The van der Waals surface area contributed by atoms with Gasteiger partial charge < -0.3 is 15.1 Å². The lowest BCUT2D eigenvalue weighted by Crippen LogP contribution is -2.43. The Morgan fingerprint density at radius 1 is 1.28 bits per heavy atom. The number of hydrogen-bond acceptors (Lipinski definition) is 3. The summed E-state index contributed by atoms with van der Waals surface area (Å²) in [6.07, 6.45) is 2.08. The number of urea groups is 1. The van der Waals surface area contributed by atoms with Gasteiger partial charge in [0.15, 0.2) is 0 Å². The van der Waals surface area contributed by atoms with E-state index in [1.165, 1.54) is 17.0 Å². The zero-order chi connectivity index (χ0) is 17.8. The highest BCUT2D eigenvalue weighted by Gasteiger charge is 2.33. The predicted octanol–water partition coefficient (Wildman–Crippen LogP) is 3.86. The lowest BCUT2D eigenvalue weighted by atomic mass is 10.2. The maximum atomic E-state index is 13.1. The van der Waals surface area contributed by atoms with Crippen molar-refractivity contribution in [2.75, 3.05) is 20.6 Å². The van der Waals surface area contributed by atoms with E-state index in [0.717, 1.165) is 18.4 Å². The molecule has 1 aliphatic carbocycles. The molecule has 1 unspecified atom stereocenters. The van der Waals surface area contributed by atoms with Crippen LogP contribution in [-0.2, 0) is 6.54 Å². The zero-order valence-corrected chi connectivity index (χ0v) is 15.4. The van der Waals surface area contributed by atoms with Gasteiger partial charge in [-0.15, -0.1) is 11.3 Å². The van der Waals surface area contributed by atoms with E-state index >= 15 is 0 Å². The second-order valence-corrected chi connectivity index (χ2v) is 7.65. The van der Waals surface area contributed by atoms with Crippen LogP contribution in [0.3, 0.4) is 0 Å². The molecule has 1 aliphatic rings. The number of halogens is 1. The lowest BCUT2D eigenvalue weighted by Gasteiger charge is -2.27. The number of amides is 2. The molecular weight excluding hydrogens is 337 g/mol. The van der Waals surface area contributed by atoms with Crippen LogP contribution in [0.1, 0.15) is 29.3 Å². The van der Waals surface area contributed by atoms with Crippen molar-refractivity contribution >= 4 is 17.4 Å². The van der Waals surface area contributed by atoms with Gasteiger partial charge in [0.1, 0.15) is 5.82 Å². The number of carbonyl (C=O) groups is 1. The Morgan fingerprint density at radius 3 is 2.56 bits per heavy atom. The molecule has 1 saturated carbocycles. The summed E-state index contributed by atoms with van der Waals surface area (Å²) in [7, 11) is 4.04. The molecule has 0 saturated heterocycles. The first-order valence-corrected chi connectivity index (χ1v) is 9.41. The molecule has 1 fully saturated rings. The van der Waals surface area contributed by atoms with Crippen molar-refractivity contribution in [3.63, 3.8) is 0 Å². The first kappa shape index (κ1) is 17.9. The molecule has 2 amide bonds. The molecule has 1 aromatic carbocycles. The van der Waals surface area contributed by atoms with Crippen LogP contribution in [0.4, 0.5) is 9.18 Å². The maximum Gasteiger partial charge on any atom is 0.318 e. The summed E-state index contributed by atoms with van der Waals surface area (Å²) in [6.45, 7) is 1.08. The largest absolute Gasteiger partial charge is 0.336 e. The quantitative estimate of drug-likeness (QED) is 0.813. The van der Waals surface area contributed by atoms with Crippen LogP contribution >= 0.6 is 11.3 Å². The molecule has 1 aromatic heterocycles. The van der Waals surface area contributed by atoms with Gasteiger partial charge in [-0.1, -0.05) is 18.2 Å². The molecule has 0 aliphatic heterocycles. The highest BCUT2D eigenvalue weighted by molar-refractivity contribution is 7.10. The van der Waals surface area contributed by atoms with E-state index in [9.17, 15) is 9.18 Å². The number of likely N-dealkylation sites (N-methyl/N-ethyl adjacent to an activating group) is 1. The molecule has 0 spiro atoms. The van der Waals surface area contributed by atoms with Crippen LogP contribution in [0.5, 0.6) is 0 Å². The Kier molecular flexibility index (Phi) is 5.71. The molecule has 1 N–H and O–H groups in total. The Hall–Kier alpha value is -1.92. The van der Waals surface area contributed by atoms with Gasteiger partial charge in [0.2, 0.25) is 0 Å². The van der Waals surface area contributed by atoms with Gasteiger partial charge in [-0.05, 0) is 56.1 Å². The fourth-order valence-electron chi connectivity index (χ4n) is 2.84. The summed E-state index contributed by atoms with van der Waals surface area (Å²) in [5, 5.41) is 5.14. The van der Waals surface area contributed by atoms with Crippen LogP contribution in [-0.4, -0.2) is 42.5 Å². The second kappa shape index (κ2) is 7.97. The average molecular weight is 361 g/mol. The van der Waals surface area contributed by atoms with Crippen molar-refractivity contribution in [1.82, 2.24) is 15.1 Å². The molecule has 4 nitrogen and oxygen atoms in total. The van der Waals surface area contributed by atoms with E-state index in [2.05, 4.69) is 21.7 Å². The van der Waals surface area contributed by atoms with Crippen molar-refractivity contribution in [2.45, 2.75) is 31.5 Å². The third kappa shape index (κ3) is 4.80. The zero-order valence-electron chi connectivity index (χ0n) is 14.6. The number of rotatable bonds is 7. The molecule has 1 atom stereocenters. The maximum absolute atomic E-state index is 13.1. The van der Waals surface area contributed by atoms with E-state index < -0.39 is 0 Å². The number of carbonyl (C=O) groups excluding carboxylic acids is 1. The molecule has 134 valence electrons. The van der Waals surface area contributed by atoms with Crippen LogP contribution in [0, 0.1) is 5.82 Å². The highest BCUT2D eigenvalue weighted by Crippen LogP contribution is 2.29. The van der Waals surface area contributed by atoms with Gasteiger partial charge in [0.25, 0.3) is 0 Å². The third-order valence-corrected chi connectivity index (χ3v) is 5.43. The molecule has 25 heavy (non-hydrogen) atoms. The SMILES string of the molecule is CN(C)C(CNC(=O)N(Cc1ccc(F)cc1)C1CC1)c1cccs1. The van der Waals surface area contributed by atoms with E-state index in [-0.39, 0.29) is 17.9 Å². The Bertz CT molecular complexity index is 683. The number of nitrogens with zero attached hydrogens (tertiary/aromatic N) is 2. The van der Waals surface area contributed by atoms with E-state index in [0.29, 0.717) is 19.1 Å². The van der Waals surface area contributed by atoms with Crippen LogP contribution in [0.25, 0.3) is 0 Å². The molecule has 6 heteroatoms.